The van der Waals surface area contributed by atoms with Crippen LogP contribution in [-0.2, 0) is 17.9 Å². The van der Waals surface area contributed by atoms with Crippen LogP contribution in [0.3, 0.4) is 0 Å². The summed E-state index contributed by atoms with van der Waals surface area (Å²) < 4.78 is 24.0. The Bertz CT molecular complexity index is 587. The molecule has 2 aromatic rings. The minimum Gasteiger partial charge on any atom is -0.491 e. The van der Waals surface area contributed by atoms with Gasteiger partial charge in [-0.2, -0.15) is 0 Å². The van der Waals surface area contributed by atoms with Gasteiger partial charge in [0.25, 0.3) is 0 Å². The van der Waals surface area contributed by atoms with Gasteiger partial charge in [-0.25, -0.2) is 4.39 Å². The van der Waals surface area contributed by atoms with E-state index in [9.17, 15) is 4.39 Å². The zero-order chi connectivity index (χ0) is 15.1. The van der Waals surface area contributed by atoms with Gasteiger partial charge in [-0.3, -0.25) is 0 Å². The van der Waals surface area contributed by atoms with E-state index in [1.54, 1.807) is 13.2 Å². The summed E-state index contributed by atoms with van der Waals surface area (Å²) in [4.78, 5) is 0. The second kappa shape index (κ2) is 7.64. The van der Waals surface area contributed by atoms with Crippen LogP contribution >= 0.6 is 0 Å². The average molecular weight is 289 g/mol. The second-order valence-corrected chi connectivity index (χ2v) is 4.68. The third kappa shape index (κ3) is 4.46. The zero-order valence-electron chi connectivity index (χ0n) is 12.4. The highest BCUT2D eigenvalue weighted by molar-refractivity contribution is 5.47. The van der Waals surface area contributed by atoms with Crippen LogP contribution in [0.25, 0.3) is 0 Å². The van der Waals surface area contributed by atoms with Gasteiger partial charge >= 0.3 is 0 Å². The minimum atomic E-state index is -0.352. The fourth-order valence-electron chi connectivity index (χ4n) is 2.08. The Labute approximate surface area is 124 Å². The topological polar surface area (TPSA) is 30.5 Å². The molecule has 0 fully saturated rings. The van der Waals surface area contributed by atoms with Crippen LogP contribution in [0.5, 0.6) is 5.75 Å². The number of ether oxygens (including phenoxy) is 2. The molecule has 21 heavy (non-hydrogen) atoms. The molecule has 0 saturated carbocycles. The summed E-state index contributed by atoms with van der Waals surface area (Å²) in [6, 6.07) is 13.0. The molecule has 1 N–H and O–H groups in total. The maximum atomic E-state index is 13.7. The molecule has 0 bridgehead atoms. The Balaban J connectivity index is 1.99. The van der Waals surface area contributed by atoms with E-state index in [4.69, 9.17) is 9.47 Å². The van der Waals surface area contributed by atoms with E-state index in [0.717, 1.165) is 16.8 Å². The van der Waals surface area contributed by atoms with Crippen molar-refractivity contribution in [2.24, 2.45) is 0 Å². The van der Waals surface area contributed by atoms with Gasteiger partial charge in [0.1, 0.15) is 0 Å². The highest BCUT2D eigenvalue weighted by Crippen LogP contribution is 2.21. The Morgan fingerprint density at radius 1 is 1.10 bits per heavy atom. The second-order valence-electron chi connectivity index (χ2n) is 4.68. The third-order valence-corrected chi connectivity index (χ3v) is 3.03. The Kier molecular flexibility index (Phi) is 5.58. The van der Waals surface area contributed by atoms with Crippen LogP contribution in [0, 0.1) is 5.82 Å². The summed E-state index contributed by atoms with van der Waals surface area (Å²) in [6.45, 7) is 3.51. The van der Waals surface area contributed by atoms with Crippen molar-refractivity contribution in [1.82, 2.24) is 0 Å². The average Bonchev–Trinajstić information content (AvgIpc) is 2.49. The van der Waals surface area contributed by atoms with E-state index >= 15 is 0 Å². The van der Waals surface area contributed by atoms with Gasteiger partial charge in [-0.15, -0.1) is 0 Å². The van der Waals surface area contributed by atoms with Gasteiger partial charge in [0.2, 0.25) is 0 Å². The van der Waals surface area contributed by atoms with Gasteiger partial charge in [-0.1, -0.05) is 24.3 Å². The molecular formula is C17H20FNO2. The fourth-order valence-corrected chi connectivity index (χ4v) is 2.08. The molecule has 0 aliphatic heterocycles. The molecule has 2 aromatic carbocycles. The van der Waals surface area contributed by atoms with E-state index in [1.165, 1.54) is 6.07 Å². The lowest BCUT2D eigenvalue weighted by molar-refractivity contribution is 0.185. The molecule has 0 saturated heterocycles. The Morgan fingerprint density at radius 2 is 1.90 bits per heavy atom. The van der Waals surface area contributed by atoms with Crippen molar-refractivity contribution in [3.63, 3.8) is 0 Å². The fraction of sp³-hybridized carbons (Fsp3) is 0.294. The first-order valence-corrected chi connectivity index (χ1v) is 6.96. The lowest BCUT2D eigenvalue weighted by atomic mass is 10.1. The molecular weight excluding hydrogens is 269 g/mol. The first kappa shape index (κ1) is 15.3. The minimum absolute atomic E-state index is 0.283. The number of methoxy groups -OCH3 is 1. The van der Waals surface area contributed by atoms with Gasteiger partial charge in [-0.05, 0) is 30.2 Å². The van der Waals surface area contributed by atoms with E-state index in [0.29, 0.717) is 19.8 Å². The lowest BCUT2D eigenvalue weighted by Crippen LogP contribution is -2.01. The molecule has 0 aromatic heterocycles. The number of hydrogen-bond acceptors (Lipinski definition) is 3. The van der Waals surface area contributed by atoms with E-state index in [2.05, 4.69) is 11.4 Å². The van der Waals surface area contributed by atoms with Crippen molar-refractivity contribution in [3.05, 3.63) is 59.4 Å². The first-order valence-electron chi connectivity index (χ1n) is 6.96. The van der Waals surface area contributed by atoms with Crippen molar-refractivity contribution in [3.8, 4) is 5.75 Å². The van der Waals surface area contributed by atoms with Crippen LogP contribution in [0.4, 0.5) is 10.1 Å². The van der Waals surface area contributed by atoms with Crippen LogP contribution in [0.15, 0.2) is 42.5 Å². The summed E-state index contributed by atoms with van der Waals surface area (Å²) in [5, 5.41) is 3.20. The monoisotopic (exact) mass is 289 g/mol. The van der Waals surface area contributed by atoms with E-state index < -0.39 is 0 Å². The third-order valence-electron chi connectivity index (χ3n) is 3.03. The highest BCUT2D eigenvalue weighted by atomic mass is 19.1. The highest BCUT2D eigenvalue weighted by Gasteiger charge is 2.04. The Hall–Kier alpha value is -2.07. The van der Waals surface area contributed by atoms with Gasteiger partial charge in [0, 0.05) is 25.4 Å². The number of benzene rings is 2. The summed E-state index contributed by atoms with van der Waals surface area (Å²) in [7, 11) is 1.67. The number of anilines is 1. The predicted octanol–water partition coefficient (Wildman–Crippen LogP) is 3.98. The summed E-state index contributed by atoms with van der Waals surface area (Å²) in [5.74, 6) is -0.0693. The van der Waals surface area contributed by atoms with Crippen LogP contribution in [0.1, 0.15) is 18.1 Å². The zero-order valence-corrected chi connectivity index (χ0v) is 12.4. The standard InChI is InChI=1S/C17H20FNO2/c1-3-21-17-8-7-15(10-16(17)18)19-11-13-5-4-6-14(9-13)12-20-2/h4-10,19H,3,11-12H2,1-2H3. The molecule has 4 heteroatoms. The number of nitrogens with one attached hydrogen (secondary N) is 1. The normalized spacial score (nSPS) is 10.4. The van der Waals surface area contributed by atoms with Crippen molar-refractivity contribution in [1.29, 1.82) is 0 Å². The van der Waals surface area contributed by atoms with Gasteiger partial charge in [0.15, 0.2) is 11.6 Å². The molecule has 2 rings (SSSR count). The van der Waals surface area contributed by atoms with Crippen LogP contribution in [0.2, 0.25) is 0 Å². The molecule has 0 unspecified atom stereocenters. The molecule has 0 heterocycles. The molecule has 0 aliphatic carbocycles. The molecule has 0 aliphatic rings. The van der Waals surface area contributed by atoms with E-state index in [-0.39, 0.29) is 11.6 Å². The number of rotatable bonds is 7. The SMILES string of the molecule is CCOc1ccc(NCc2cccc(COC)c2)cc1F. The summed E-state index contributed by atoms with van der Waals surface area (Å²) >= 11 is 0. The quantitative estimate of drug-likeness (QED) is 0.836. The van der Waals surface area contributed by atoms with Crippen LogP contribution in [-0.4, -0.2) is 13.7 Å². The maximum absolute atomic E-state index is 13.7. The molecule has 0 amide bonds. The molecule has 3 nitrogen and oxygen atoms in total. The van der Waals surface area contributed by atoms with Crippen molar-refractivity contribution in [2.75, 3.05) is 19.0 Å². The molecule has 112 valence electrons. The number of halogens is 1. The predicted molar refractivity (Wildman–Crippen MR) is 82.1 cm³/mol. The summed E-state index contributed by atoms with van der Waals surface area (Å²) in [5.41, 5.74) is 2.97. The van der Waals surface area contributed by atoms with Crippen LogP contribution < -0.4 is 10.1 Å². The smallest absolute Gasteiger partial charge is 0.167 e. The van der Waals surface area contributed by atoms with Gasteiger partial charge < -0.3 is 14.8 Å². The molecule has 0 radical (unpaired) electrons. The first-order chi connectivity index (χ1) is 10.2. The maximum Gasteiger partial charge on any atom is 0.167 e. The van der Waals surface area contributed by atoms with E-state index in [1.807, 2.05) is 31.2 Å². The lowest BCUT2D eigenvalue weighted by Gasteiger charge is -2.10. The molecule has 0 spiro atoms. The summed E-state index contributed by atoms with van der Waals surface area (Å²) in [6.07, 6.45) is 0. The van der Waals surface area contributed by atoms with Crippen molar-refractivity contribution in [2.45, 2.75) is 20.1 Å². The largest absolute Gasteiger partial charge is 0.491 e. The van der Waals surface area contributed by atoms with Gasteiger partial charge in [0.05, 0.1) is 13.2 Å². The number of hydrogen-bond donors (Lipinski definition) is 1. The van der Waals surface area contributed by atoms with Crippen molar-refractivity contribution >= 4 is 5.69 Å². The molecule has 0 atom stereocenters. The van der Waals surface area contributed by atoms with Crippen molar-refractivity contribution < 1.29 is 13.9 Å². The Morgan fingerprint density at radius 3 is 2.62 bits per heavy atom.